The van der Waals surface area contributed by atoms with Gasteiger partial charge in [-0.25, -0.2) is 0 Å². The molecule has 6 heteroatoms. The van der Waals surface area contributed by atoms with E-state index in [9.17, 15) is 14.7 Å². The van der Waals surface area contributed by atoms with Gasteiger partial charge in [0.15, 0.2) is 0 Å². The Morgan fingerprint density at radius 2 is 1.45 bits per heavy atom. The minimum Gasteiger partial charge on any atom is -0.507 e. The van der Waals surface area contributed by atoms with E-state index in [4.69, 9.17) is 9.47 Å². The van der Waals surface area contributed by atoms with Crippen molar-refractivity contribution in [2.75, 3.05) is 19.1 Å². The zero-order valence-corrected chi connectivity index (χ0v) is 19.0. The first kappa shape index (κ1) is 22.1. The standard InChI is InChI=1S/C27H25NO5/c1-16-5-9-19(10-6-16)28-24(18-7-11-20(32-3)12-8-18)23(26(30)27(28)31)25(29)22-14-13-21(33-4)15-17(22)2/h5-15,24,29H,1-4H3/b25-23-. The molecule has 1 aliphatic heterocycles. The van der Waals surface area contributed by atoms with Crippen molar-refractivity contribution >= 4 is 23.1 Å². The number of rotatable bonds is 5. The number of hydrogen-bond donors (Lipinski definition) is 1. The number of ether oxygens (including phenoxy) is 2. The second-order valence-electron chi connectivity index (χ2n) is 7.96. The molecule has 0 aliphatic carbocycles. The summed E-state index contributed by atoms with van der Waals surface area (Å²) in [5.74, 6) is -0.353. The van der Waals surface area contributed by atoms with Crippen LogP contribution in [-0.4, -0.2) is 31.0 Å². The second kappa shape index (κ2) is 8.82. The van der Waals surface area contributed by atoms with Gasteiger partial charge in [-0.3, -0.25) is 14.5 Å². The lowest BCUT2D eigenvalue weighted by Gasteiger charge is -2.26. The molecular formula is C27H25NO5. The van der Waals surface area contributed by atoms with E-state index in [1.54, 1.807) is 68.8 Å². The van der Waals surface area contributed by atoms with Crippen LogP contribution in [0, 0.1) is 13.8 Å². The molecule has 1 atom stereocenters. The fourth-order valence-electron chi connectivity index (χ4n) is 4.08. The molecule has 1 N–H and O–H groups in total. The van der Waals surface area contributed by atoms with Gasteiger partial charge in [0.25, 0.3) is 11.7 Å². The van der Waals surface area contributed by atoms with Gasteiger partial charge in [-0.1, -0.05) is 29.8 Å². The van der Waals surface area contributed by atoms with Crippen LogP contribution < -0.4 is 14.4 Å². The molecule has 1 saturated heterocycles. The Labute approximate surface area is 192 Å². The van der Waals surface area contributed by atoms with E-state index in [0.717, 1.165) is 11.1 Å². The van der Waals surface area contributed by atoms with Crippen LogP contribution in [0.15, 0.2) is 72.3 Å². The molecule has 1 aliphatic rings. The average Bonchev–Trinajstić information content (AvgIpc) is 3.09. The zero-order chi connectivity index (χ0) is 23.7. The number of Topliss-reactive ketones (excluding diaryl/α,β-unsaturated/α-hetero) is 1. The minimum atomic E-state index is -0.792. The van der Waals surface area contributed by atoms with Crippen LogP contribution in [0.2, 0.25) is 0 Å². The molecule has 1 heterocycles. The van der Waals surface area contributed by atoms with E-state index in [-0.39, 0.29) is 11.3 Å². The quantitative estimate of drug-likeness (QED) is 0.343. The fourth-order valence-corrected chi connectivity index (χ4v) is 4.08. The van der Waals surface area contributed by atoms with Gasteiger partial charge in [0.05, 0.1) is 25.8 Å². The van der Waals surface area contributed by atoms with Crippen LogP contribution in [0.5, 0.6) is 11.5 Å². The average molecular weight is 443 g/mol. The monoisotopic (exact) mass is 443 g/mol. The summed E-state index contributed by atoms with van der Waals surface area (Å²) >= 11 is 0. The van der Waals surface area contributed by atoms with Gasteiger partial charge in [-0.2, -0.15) is 0 Å². The number of benzene rings is 3. The number of aliphatic hydroxyl groups excluding tert-OH is 1. The molecule has 3 aromatic carbocycles. The molecule has 4 rings (SSSR count). The third-order valence-corrected chi connectivity index (χ3v) is 5.88. The lowest BCUT2D eigenvalue weighted by Crippen LogP contribution is -2.29. The molecule has 1 amide bonds. The van der Waals surface area contributed by atoms with Gasteiger partial charge in [0, 0.05) is 11.3 Å². The number of nitrogens with zero attached hydrogens (tertiary/aromatic N) is 1. The molecule has 0 aromatic heterocycles. The van der Waals surface area contributed by atoms with Crippen molar-refractivity contribution < 1.29 is 24.2 Å². The lowest BCUT2D eigenvalue weighted by atomic mass is 9.93. The molecule has 3 aromatic rings. The number of carbonyl (C=O) groups is 2. The van der Waals surface area contributed by atoms with E-state index in [2.05, 4.69) is 0 Å². The van der Waals surface area contributed by atoms with Crippen LogP contribution >= 0.6 is 0 Å². The Bertz CT molecular complexity index is 1240. The molecular weight excluding hydrogens is 418 g/mol. The fraction of sp³-hybridized carbons (Fsp3) is 0.185. The molecule has 6 nitrogen and oxygen atoms in total. The number of amides is 1. The normalized spacial score (nSPS) is 17.3. The van der Waals surface area contributed by atoms with Crippen molar-refractivity contribution in [2.24, 2.45) is 0 Å². The molecule has 0 spiro atoms. The van der Waals surface area contributed by atoms with E-state index in [0.29, 0.717) is 28.3 Å². The maximum atomic E-state index is 13.3. The van der Waals surface area contributed by atoms with E-state index in [1.165, 1.54) is 4.90 Å². The van der Waals surface area contributed by atoms with Crippen LogP contribution in [0.4, 0.5) is 5.69 Å². The minimum absolute atomic E-state index is 0.0407. The summed E-state index contributed by atoms with van der Waals surface area (Å²) in [6.07, 6.45) is 0. The molecule has 1 unspecified atom stereocenters. The summed E-state index contributed by atoms with van der Waals surface area (Å²) in [7, 11) is 3.13. The number of methoxy groups -OCH3 is 2. The smallest absolute Gasteiger partial charge is 0.300 e. The Balaban J connectivity index is 1.93. The van der Waals surface area contributed by atoms with Crippen molar-refractivity contribution in [1.82, 2.24) is 0 Å². The molecule has 168 valence electrons. The van der Waals surface area contributed by atoms with Gasteiger partial charge in [-0.05, 0) is 67.4 Å². The Hall–Kier alpha value is -4.06. The maximum absolute atomic E-state index is 13.3. The first-order chi connectivity index (χ1) is 15.8. The third kappa shape index (κ3) is 3.96. The Morgan fingerprint density at radius 3 is 2.03 bits per heavy atom. The van der Waals surface area contributed by atoms with Crippen molar-refractivity contribution in [3.8, 4) is 11.5 Å². The first-order valence-electron chi connectivity index (χ1n) is 10.5. The summed E-state index contributed by atoms with van der Waals surface area (Å²) in [5, 5.41) is 11.3. The highest BCUT2D eigenvalue weighted by Gasteiger charge is 2.47. The predicted molar refractivity (Wildman–Crippen MR) is 127 cm³/mol. The summed E-state index contributed by atoms with van der Waals surface area (Å²) in [4.78, 5) is 27.9. The maximum Gasteiger partial charge on any atom is 0.300 e. The molecule has 1 fully saturated rings. The highest BCUT2D eigenvalue weighted by molar-refractivity contribution is 6.51. The number of anilines is 1. The highest BCUT2D eigenvalue weighted by atomic mass is 16.5. The zero-order valence-electron chi connectivity index (χ0n) is 19.0. The molecule has 0 radical (unpaired) electrons. The van der Waals surface area contributed by atoms with Crippen LogP contribution in [-0.2, 0) is 9.59 Å². The van der Waals surface area contributed by atoms with Crippen LogP contribution in [0.25, 0.3) is 5.76 Å². The largest absolute Gasteiger partial charge is 0.507 e. The van der Waals surface area contributed by atoms with E-state index >= 15 is 0 Å². The predicted octanol–water partition coefficient (Wildman–Crippen LogP) is 4.95. The Kier molecular flexibility index (Phi) is 5.92. The number of ketones is 1. The summed E-state index contributed by atoms with van der Waals surface area (Å²) < 4.78 is 10.5. The molecule has 33 heavy (non-hydrogen) atoms. The molecule has 0 bridgehead atoms. The number of hydrogen-bond acceptors (Lipinski definition) is 5. The van der Waals surface area contributed by atoms with Crippen LogP contribution in [0.1, 0.15) is 28.3 Å². The molecule has 0 saturated carbocycles. The van der Waals surface area contributed by atoms with Crippen LogP contribution in [0.3, 0.4) is 0 Å². The number of aliphatic hydroxyl groups is 1. The van der Waals surface area contributed by atoms with Crippen molar-refractivity contribution in [3.63, 3.8) is 0 Å². The summed E-state index contributed by atoms with van der Waals surface area (Å²) in [6.45, 7) is 3.77. The summed E-state index contributed by atoms with van der Waals surface area (Å²) in [6, 6.07) is 18.9. The van der Waals surface area contributed by atoms with E-state index < -0.39 is 17.7 Å². The highest BCUT2D eigenvalue weighted by Crippen LogP contribution is 2.43. The summed E-state index contributed by atoms with van der Waals surface area (Å²) in [5.41, 5.74) is 3.53. The number of carbonyl (C=O) groups excluding carboxylic acids is 2. The van der Waals surface area contributed by atoms with Crippen molar-refractivity contribution in [1.29, 1.82) is 0 Å². The van der Waals surface area contributed by atoms with Gasteiger partial charge < -0.3 is 14.6 Å². The van der Waals surface area contributed by atoms with E-state index in [1.807, 2.05) is 26.0 Å². The van der Waals surface area contributed by atoms with Gasteiger partial charge >= 0.3 is 0 Å². The third-order valence-electron chi connectivity index (χ3n) is 5.88. The second-order valence-corrected chi connectivity index (χ2v) is 7.96. The van der Waals surface area contributed by atoms with Crippen molar-refractivity contribution in [3.05, 3.63) is 94.6 Å². The number of aryl methyl sites for hydroxylation is 2. The van der Waals surface area contributed by atoms with Gasteiger partial charge in [0.2, 0.25) is 0 Å². The first-order valence-corrected chi connectivity index (χ1v) is 10.5. The topological polar surface area (TPSA) is 76.1 Å². The SMILES string of the molecule is COc1ccc(C2/C(=C(/O)c3ccc(OC)cc3C)C(=O)C(=O)N2c2ccc(C)cc2)cc1. The Morgan fingerprint density at radius 1 is 0.848 bits per heavy atom. The van der Waals surface area contributed by atoms with Gasteiger partial charge in [0.1, 0.15) is 17.3 Å². The lowest BCUT2D eigenvalue weighted by molar-refractivity contribution is -0.132. The van der Waals surface area contributed by atoms with Gasteiger partial charge in [-0.15, -0.1) is 0 Å². The van der Waals surface area contributed by atoms with Crippen molar-refractivity contribution in [2.45, 2.75) is 19.9 Å².